The number of rotatable bonds is 5. The van der Waals surface area contributed by atoms with Gasteiger partial charge in [0, 0.05) is 10.6 Å². The van der Waals surface area contributed by atoms with E-state index in [1.807, 2.05) is 36.4 Å². The third kappa shape index (κ3) is 3.17. The van der Waals surface area contributed by atoms with Crippen LogP contribution in [0.4, 0.5) is 5.69 Å². The lowest BCUT2D eigenvalue weighted by Gasteiger charge is -2.20. The summed E-state index contributed by atoms with van der Waals surface area (Å²) in [6.07, 6.45) is 0. The Morgan fingerprint density at radius 1 is 1.00 bits per heavy atom. The predicted molar refractivity (Wildman–Crippen MR) is 83.0 cm³/mol. The topological polar surface area (TPSA) is 30.5 Å². The van der Waals surface area contributed by atoms with Gasteiger partial charge in [-0.25, -0.2) is 0 Å². The first-order valence-corrected chi connectivity index (χ1v) is 6.76. The molecular weight excluding hydrogens is 274 g/mol. The van der Waals surface area contributed by atoms with Gasteiger partial charge in [-0.1, -0.05) is 29.8 Å². The molecule has 2 rings (SSSR count). The lowest BCUT2D eigenvalue weighted by molar-refractivity contribution is 0.407. The Morgan fingerprint density at radius 2 is 1.70 bits per heavy atom. The maximum atomic E-state index is 6.04. The maximum absolute atomic E-state index is 6.04. The van der Waals surface area contributed by atoms with E-state index in [-0.39, 0.29) is 6.04 Å². The molecule has 0 fully saturated rings. The lowest BCUT2D eigenvalue weighted by Crippen LogP contribution is -2.09. The molecule has 0 aliphatic rings. The van der Waals surface area contributed by atoms with E-state index >= 15 is 0 Å². The monoisotopic (exact) mass is 291 g/mol. The molecule has 2 aromatic carbocycles. The molecule has 2 aromatic rings. The summed E-state index contributed by atoms with van der Waals surface area (Å²) < 4.78 is 10.7. The van der Waals surface area contributed by atoms with Crippen molar-refractivity contribution in [2.24, 2.45) is 0 Å². The van der Waals surface area contributed by atoms with E-state index in [0.29, 0.717) is 5.02 Å². The number of anilines is 1. The minimum absolute atomic E-state index is 0.0681. The molecule has 106 valence electrons. The number of halogens is 1. The predicted octanol–water partition coefficient (Wildman–Crippen LogP) is 4.53. The van der Waals surface area contributed by atoms with Crippen LogP contribution in [0, 0.1) is 0 Å². The van der Waals surface area contributed by atoms with E-state index in [1.165, 1.54) is 0 Å². The van der Waals surface area contributed by atoms with E-state index in [0.717, 1.165) is 22.7 Å². The Kier molecular flexibility index (Phi) is 4.74. The lowest BCUT2D eigenvalue weighted by atomic mass is 10.1. The highest BCUT2D eigenvalue weighted by Crippen LogP contribution is 2.33. The number of hydrogen-bond donors (Lipinski definition) is 1. The van der Waals surface area contributed by atoms with Crippen molar-refractivity contribution in [2.45, 2.75) is 13.0 Å². The van der Waals surface area contributed by atoms with Crippen LogP contribution < -0.4 is 14.8 Å². The highest BCUT2D eigenvalue weighted by molar-refractivity contribution is 6.30. The first-order valence-electron chi connectivity index (χ1n) is 6.38. The van der Waals surface area contributed by atoms with Gasteiger partial charge in [-0.05, 0) is 31.2 Å². The molecule has 1 N–H and O–H groups in total. The molecule has 0 aliphatic carbocycles. The van der Waals surface area contributed by atoms with Crippen LogP contribution in [0.3, 0.4) is 0 Å². The van der Waals surface area contributed by atoms with Gasteiger partial charge in [-0.2, -0.15) is 0 Å². The molecule has 1 unspecified atom stereocenters. The van der Waals surface area contributed by atoms with Gasteiger partial charge >= 0.3 is 0 Å². The van der Waals surface area contributed by atoms with E-state index in [4.69, 9.17) is 21.1 Å². The van der Waals surface area contributed by atoms with Crippen molar-refractivity contribution in [2.75, 3.05) is 19.5 Å². The van der Waals surface area contributed by atoms with Gasteiger partial charge in [0.25, 0.3) is 0 Å². The molecule has 0 bridgehead atoms. The van der Waals surface area contributed by atoms with E-state index in [1.54, 1.807) is 20.3 Å². The van der Waals surface area contributed by atoms with Crippen molar-refractivity contribution in [3.05, 3.63) is 53.1 Å². The molecule has 0 aromatic heterocycles. The van der Waals surface area contributed by atoms with Crippen LogP contribution in [-0.2, 0) is 0 Å². The number of ether oxygens (including phenoxy) is 2. The number of methoxy groups -OCH3 is 2. The molecular formula is C16H18ClNO2. The van der Waals surface area contributed by atoms with Crippen LogP contribution in [0.1, 0.15) is 18.5 Å². The average molecular weight is 292 g/mol. The molecule has 0 saturated carbocycles. The Morgan fingerprint density at radius 3 is 2.40 bits per heavy atom. The number of para-hydroxylation sites is 1. The van der Waals surface area contributed by atoms with Crippen LogP contribution in [0.5, 0.6) is 11.5 Å². The second-order valence-corrected chi connectivity index (χ2v) is 4.89. The van der Waals surface area contributed by atoms with Gasteiger partial charge in [0.2, 0.25) is 0 Å². The molecule has 0 spiro atoms. The van der Waals surface area contributed by atoms with Gasteiger partial charge < -0.3 is 14.8 Å². The first-order chi connectivity index (χ1) is 9.65. The molecule has 3 nitrogen and oxygen atoms in total. The number of benzene rings is 2. The van der Waals surface area contributed by atoms with Gasteiger partial charge in [0.05, 0.1) is 25.9 Å². The van der Waals surface area contributed by atoms with Crippen molar-refractivity contribution in [1.29, 1.82) is 0 Å². The quantitative estimate of drug-likeness (QED) is 0.878. The second-order valence-electron chi connectivity index (χ2n) is 4.45. The average Bonchev–Trinajstić information content (AvgIpc) is 2.47. The Labute approximate surface area is 124 Å². The van der Waals surface area contributed by atoms with Crippen LogP contribution in [0.25, 0.3) is 0 Å². The van der Waals surface area contributed by atoms with Gasteiger partial charge in [0.1, 0.15) is 11.5 Å². The molecule has 20 heavy (non-hydrogen) atoms. The fourth-order valence-corrected chi connectivity index (χ4v) is 2.30. The summed E-state index contributed by atoms with van der Waals surface area (Å²) in [6.45, 7) is 2.07. The number of hydrogen-bond acceptors (Lipinski definition) is 3. The molecule has 0 radical (unpaired) electrons. The molecule has 1 atom stereocenters. The van der Waals surface area contributed by atoms with Crippen molar-refractivity contribution >= 4 is 17.3 Å². The maximum Gasteiger partial charge on any atom is 0.142 e. The molecule has 0 aliphatic heterocycles. The van der Waals surface area contributed by atoms with Crippen LogP contribution in [0.2, 0.25) is 5.02 Å². The minimum atomic E-state index is 0.0681. The third-order valence-corrected chi connectivity index (χ3v) is 3.37. The van der Waals surface area contributed by atoms with Gasteiger partial charge in [0.15, 0.2) is 0 Å². The van der Waals surface area contributed by atoms with Gasteiger partial charge in [-0.3, -0.25) is 0 Å². The third-order valence-electron chi connectivity index (χ3n) is 3.14. The number of nitrogens with one attached hydrogen (secondary N) is 1. The Hall–Kier alpha value is -1.87. The SMILES string of the molecule is COc1ccc(Cl)cc1NC(C)c1ccccc1OC. The normalized spacial score (nSPS) is 11.8. The molecule has 4 heteroatoms. The van der Waals surface area contributed by atoms with Crippen molar-refractivity contribution in [3.8, 4) is 11.5 Å². The zero-order valence-corrected chi connectivity index (χ0v) is 12.6. The fourth-order valence-electron chi connectivity index (χ4n) is 2.13. The molecule has 0 heterocycles. The van der Waals surface area contributed by atoms with Gasteiger partial charge in [-0.15, -0.1) is 0 Å². The fraction of sp³-hybridized carbons (Fsp3) is 0.250. The van der Waals surface area contributed by atoms with E-state index < -0.39 is 0 Å². The summed E-state index contributed by atoms with van der Waals surface area (Å²) in [4.78, 5) is 0. The van der Waals surface area contributed by atoms with E-state index in [2.05, 4.69) is 12.2 Å². The zero-order chi connectivity index (χ0) is 14.5. The summed E-state index contributed by atoms with van der Waals surface area (Å²) in [6, 6.07) is 13.5. The van der Waals surface area contributed by atoms with Crippen molar-refractivity contribution in [3.63, 3.8) is 0 Å². The van der Waals surface area contributed by atoms with Crippen molar-refractivity contribution < 1.29 is 9.47 Å². The first kappa shape index (κ1) is 14.5. The highest BCUT2D eigenvalue weighted by Gasteiger charge is 2.13. The Balaban J connectivity index is 2.27. The van der Waals surface area contributed by atoms with Crippen LogP contribution in [-0.4, -0.2) is 14.2 Å². The summed E-state index contributed by atoms with van der Waals surface area (Å²) in [5.74, 6) is 1.62. The summed E-state index contributed by atoms with van der Waals surface area (Å²) in [5.41, 5.74) is 1.94. The Bertz CT molecular complexity index is 586. The van der Waals surface area contributed by atoms with Crippen LogP contribution >= 0.6 is 11.6 Å². The minimum Gasteiger partial charge on any atom is -0.496 e. The second kappa shape index (κ2) is 6.53. The van der Waals surface area contributed by atoms with Crippen LogP contribution in [0.15, 0.2) is 42.5 Å². The largest absolute Gasteiger partial charge is 0.496 e. The standard InChI is InChI=1S/C16H18ClNO2/c1-11(13-6-4-5-7-15(13)19-2)18-14-10-12(17)8-9-16(14)20-3/h4-11,18H,1-3H3. The van der Waals surface area contributed by atoms with E-state index in [9.17, 15) is 0 Å². The molecule has 0 saturated heterocycles. The molecule has 0 amide bonds. The summed E-state index contributed by atoms with van der Waals surface area (Å²) >= 11 is 6.04. The van der Waals surface area contributed by atoms with Crippen molar-refractivity contribution in [1.82, 2.24) is 0 Å². The summed E-state index contributed by atoms with van der Waals surface area (Å²) in [7, 11) is 3.31. The highest BCUT2D eigenvalue weighted by atomic mass is 35.5. The summed E-state index contributed by atoms with van der Waals surface area (Å²) in [5, 5.41) is 4.07. The zero-order valence-electron chi connectivity index (χ0n) is 11.8. The smallest absolute Gasteiger partial charge is 0.142 e.